The van der Waals surface area contributed by atoms with Gasteiger partial charge in [0.2, 0.25) is 0 Å². The Morgan fingerprint density at radius 1 is 0.857 bits per heavy atom. The largest absolute Gasteiger partial charge is 0.304 e. The van der Waals surface area contributed by atoms with Gasteiger partial charge in [-0.3, -0.25) is 0 Å². The lowest BCUT2D eigenvalue weighted by molar-refractivity contribution is 0.494. The zero-order valence-electron chi connectivity index (χ0n) is 12.7. The second-order valence-corrected chi connectivity index (χ2v) is 6.48. The highest BCUT2D eigenvalue weighted by atomic mass is 35.5. The zero-order valence-corrected chi connectivity index (χ0v) is 13.5. The summed E-state index contributed by atoms with van der Waals surface area (Å²) >= 11 is 5.95. The SMILES string of the molecule is CC(N[C@@H](C)c1ccc(Cl)cc1)c1ccc2c(c1)CCC2. The Labute approximate surface area is 132 Å². The Morgan fingerprint density at radius 3 is 2.24 bits per heavy atom. The van der Waals surface area contributed by atoms with Crippen LogP contribution in [-0.2, 0) is 12.8 Å². The summed E-state index contributed by atoms with van der Waals surface area (Å²) in [6, 6.07) is 15.7. The summed E-state index contributed by atoms with van der Waals surface area (Å²) in [4.78, 5) is 0. The van der Waals surface area contributed by atoms with E-state index in [4.69, 9.17) is 11.6 Å². The fraction of sp³-hybridized carbons (Fsp3) is 0.368. The van der Waals surface area contributed by atoms with Crippen LogP contribution in [0.5, 0.6) is 0 Å². The van der Waals surface area contributed by atoms with Gasteiger partial charge in [-0.15, -0.1) is 0 Å². The van der Waals surface area contributed by atoms with E-state index in [9.17, 15) is 0 Å². The van der Waals surface area contributed by atoms with E-state index < -0.39 is 0 Å². The van der Waals surface area contributed by atoms with Crippen molar-refractivity contribution in [1.82, 2.24) is 5.32 Å². The lowest BCUT2D eigenvalue weighted by Crippen LogP contribution is -2.22. The monoisotopic (exact) mass is 299 g/mol. The quantitative estimate of drug-likeness (QED) is 0.814. The molecule has 1 nitrogen and oxygen atoms in total. The molecule has 0 amide bonds. The van der Waals surface area contributed by atoms with Crippen LogP contribution in [0.4, 0.5) is 0 Å². The molecule has 0 radical (unpaired) electrons. The summed E-state index contributed by atoms with van der Waals surface area (Å²) in [6.07, 6.45) is 3.79. The summed E-state index contributed by atoms with van der Waals surface area (Å²) in [5, 5.41) is 4.47. The molecule has 0 bridgehead atoms. The Kier molecular flexibility index (Phi) is 4.32. The van der Waals surface area contributed by atoms with Crippen molar-refractivity contribution in [1.29, 1.82) is 0 Å². The van der Waals surface area contributed by atoms with Crippen LogP contribution in [0, 0.1) is 0 Å². The number of fused-ring (bicyclic) bond motifs is 1. The van der Waals surface area contributed by atoms with Crippen molar-refractivity contribution in [3.05, 3.63) is 69.7 Å². The predicted octanol–water partition coefficient (Wildman–Crippen LogP) is 5.24. The Bertz CT molecular complexity index is 618. The summed E-state index contributed by atoms with van der Waals surface area (Å²) in [5.74, 6) is 0. The molecule has 0 fully saturated rings. The highest BCUT2D eigenvalue weighted by molar-refractivity contribution is 6.30. The molecular weight excluding hydrogens is 278 g/mol. The van der Waals surface area contributed by atoms with Crippen LogP contribution in [0.25, 0.3) is 0 Å². The molecule has 2 aromatic rings. The van der Waals surface area contributed by atoms with Gasteiger partial charge in [-0.05, 0) is 67.5 Å². The van der Waals surface area contributed by atoms with E-state index >= 15 is 0 Å². The summed E-state index contributed by atoms with van der Waals surface area (Å²) in [5.41, 5.74) is 5.74. The van der Waals surface area contributed by atoms with E-state index in [0.717, 1.165) is 5.02 Å². The number of nitrogens with one attached hydrogen (secondary N) is 1. The molecule has 1 unspecified atom stereocenters. The second kappa shape index (κ2) is 6.21. The molecule has 2 atom stereocenters. The van der Waals surface area contributed by atoms with Crippen LogP contribution in [-0.4, -0.2) is 0 Å². The maximum Gasteiger partial charge on any atom is 0.0406 e. The average molecular weight is 300 g/mol. The third kappa shape index (κ3) is 3.30. The minimum atomic E-state index is 0.311. The van der Waals surface area contributed by atoms with E-state index in [1.54, 1.807) is 5.56 Å². The van der Waals surface area contributed by atoms with E-state index in [1.165, 1.54) is 36.0 Å². The normalized spacial score (nSPS) is 16.5. The van der Waals surface area contributed by atoms with Gasteiger partial charge in [0.15, 0.2) is 0 Å². The lowest BCUT2D eigenvalue weighted by Gasteiger charge is -2.21. The number of hydrogen-bond acceptors (Lipinski definition) is 1. The average Bonchev–Trinajstić information content (AvgIpc) is 2.95. The Balaban J connectivity index is 1.70. The highest BCUT2D eigenvalue weighted by Crippen LogP contribution is 2.27. The molecule has 21 heavy (non-hydrogen) atoms. The van der Waals surface area contributed by atoms with Gasteiger partial charge in [0.1, 0.15) is 0 Å². The molecule has 3 rings (SSSR count). The molecule has 0 spiro atoms. The molecule has 0 heterocycles. The molecule has 0 aliphatic heterocycles. The highest BCUT2D eigenvalue weighted by Gasteiger charge is 2.15. The van der Waals surface area contributed by atoms with Crippen molar-refractivity contribution >= 4 is 11.6 Å². The third-order valence-electron chi connectivity index (χ3n) is 4.49. The second-order valence-electron chi connectivity index (χ2n) is 6.04. The van der Waals surface area contributed by atoms with E-state index in [1.807, 2.05) is 12.1 Å². The minimum absolute atomic E-state index is 0.311. The van der Waals surface area contributed by atoms with Crippen LogP contribution in [0.3, 0.4) is 0 Å². The van der Waals surface area contributed by atoms with Crippen molar-refractivity contribution in [2.75, 3.05) is 0 Å². The number of rotatable bonds is 4. The number of benzene rings is 2. The fourth-order valence-corrected chi connectivity index (χ4v) is 3.31. The van der Waals surface area contributed by atoms with Crippen LogP contribution >= 0.6 is 11.6 Å². The molecule has 2 aromatic carbocycles. The lowest BCUT2D eigenvalue weighted by atomic mass is 10.0. The van der Waals surface area contributed by atoms with Crippen molar-refractivity contribution in [2.45, 2.75) is 45.2 Å². The van der Waals surface area contributed by atoms with E-state index in [0.29, 0.717) is 12.1 Å². The van der Waals surface area contributed by atoms with Crippen LogP contribution in [0.1, 0.15) is 54.6 Å². The minimum Gasteiger partial charge on any atom is -0.304 e. The van der Waals surface area contributed by atoms with Crippen molar-refractivity contribution in [3.63, 3.8) is 0 Å². The maximum absolute atomic E-state index is 5.95. The molecule has 1 aliphatic carbocycles. The number of aryl methyl sites for hydroxylation is 2. The summed E-state index contributed by atoms with van der Waals surface area (Å²) in [6.45, 7) is 4.44. The van der Waals surface area contributed by atoms with Crippen molar-refractivity contribution < 1.29 is 0 Å². The van der Waals surface area contributed by atoms with Gasteiger partial charge >= 0.3 is 0 Å². The first kappa shape index (κ1) is 14.6. The van der Waals surface area contributed by atoms with Gasteiger partial charge in [-0.1, -0.05) is 41.9 Å². The molecule has 1 N–H and O–H groups in total. The topological polar surface area (TPSA) is 12.0 Å². The molecule has 110 valence electrons. The van der Waals surface area contributed by atoms with Gasteiger partial charge < -0.3 is 5.32 Å². The first-order valence-electron chi connectivity index (χ1n) is 7.76. The zero-order chi connectivity index (χ0) is 14.8. The van der Waals surface area contributed by atoms with Crippen LogP contribution < -0.4 is 5.32 Å². The first-order valence-corrected chi connectivity index (χ1v) is 8.14. The van der Waals surface area contributed by atoms with E-state index in [2.05, 4.69) is 49.5 Å². The Morgan fingerprint density at radius 2 is 1.48 bits per heavy atom. The Hall–Kier alpha value is -1.31. The molecule has 0 saturated carbocycles. The number of halogens is 1. The molecule has 1 aliphatic rings. The van der Waals surface area contributed by atoms with Crippen LogP contribution in [0.15, 0.2) is 42.5 Å². The predicted molar refractivity (Wildman–Crippen MR) is 89.9 cm³/mol. The summed E-state index contributed by atoms with van der Waals surface area (Å²) in [7, 11) is 0. The number of hydrogen-bond donors (Lipinski definition) is 1. The van der Waals surface area contributed by atoms with Gasteiger partial charge in [0.25, 0.3) is 0 Å². The molecule has 0 saturated heterocycles. The fourth-order valence-electron chi connectivity index (χ4n) is 3.18. The van der Waals surface area contributed by atoms with Crippen LogP contribution in [0.2, 0.25) is 5.02 Å². The summed E-state index contributed by atoms with van der Waals surface area (Å²) < 4.78 is 0. The van der Waals surface area contributed by atoms with Gasteiger partial charge in [-0.2, -0.15) is 0 Å². The maximum atomic E-state index is 5.95. The van der Waals surface area contributed by atoms with E-state index in [-0.39, 0.29) is 0 Å². The van der Waals surface area contributed by atoms with Gasteiger partial charge in [0, 0.05) is 17.1 Å². The van der Waals surface area contributed by atoms with Crippen molar-refractivity contribution in [2.24, 2.45) is 0 Å². The first-order chi connectivity index (χ1) is 10.1. The van der Waals surface area contributed by atoms with Gasteiger partial charge in [-0.25, -0.2) is 0 Å². The van der Waals surface area contributed by atoms with Gasteiger partial charge in [0.05, 0.1) is 0 Å². The molecule has 2 heteroatoms. The third-order valence-corrected chi connectivity index (χ3v) is 4.74. The molecular formula is C19H22ClN. The standard InChI is InChI=1S/C19H22ClN/c1-13(15-8-10-19(20)11-9-15)21-14(2)17-7-6-16-4-3-5-18(16)12-17/h6-14,21H,3-5H2,1-2H3/t13-,14?/m0/s1. The molecule has 0 aromatic heterocycles. The van der Waals surface area contributed by atoms with Crippen molar-refractivity contribution in [3.8, 4) is 0 Å². The smallest absolute Gasteiger partial charge is 0.0406 e.